The van der Waals surface area contributed by atoms with E-state index >= 15 is 0 Å². The Hall–Kier alpha value is 0.530. The Morgan fingerprint density at radius 2 is 2.58 bits per heavy atom. The van der Waals surface area contributed by atoms with Gasteiger partial charge in [-0.25, -0.2) is 0 Å². The fourth-order valence-electron chi connectivity index (χ4n) is 1.03. The van der Waals surface area contributed by atoms with Crippen LogP contribution in [-0.2, 0) is 21.1 Å². The van der Waals surface area contributed by atoms with Crippen molar-refractivity contribution in [3.8, 4) is 0 Å². The molecule has 12 heavy (non-hydrogen) atoms. The van der Waals surface area contributed by atoms with Crippen LogP contribution in [0, 0.1) is 5.92 Å². The van der Waals surface area contributed by atoms with Crippen molar-refractivity contribution in [1.82, 2.24) is 0 Å². The second-order valence-electron chi connectivity index (χ2n) is 3.15. The van der Waals surface area contributed by atoms with Gasteiger partial charge in [0.1, 0.15) is 0 Å². The lowest BCUT2D eigenvalue weighted by molar-refractivity contribution is 0.0524. The normalized spacial score (nSPS) is 42.2. The Balaban J connectivity index is 2.34. The van der Waals surface area contributed by atoms with Crippen LogP contribution in [0.25, 0.3) is 0 Å². The molecule has 1 N–H and O–H groups in total. The van der Waals surface area contributed by atoms with Crippen molar-refractivity contribution in [1.29, 1.82) is 0 Å². The van der Waals surface area contributed by atoms with Crippen LogP contribution in [-0.4, -0.2) is 30.9 Å². The summed E-state index contributed by atoms with van der Waals surface area (Å²) in [5, 5.41) is 0. The van der Waals surface area contributed by atoms with Gasteiger partial charge >= 0.3 is 0 Å². The van der Waals surface area contributed by atoms with E-state index in [1.54, 1.807) is 0 Å². The van der Waals surface area contributed by atoms with Crippen molar-refractivity contribution in [2.24, 2.45) is 5.92 Å². The Labute approximate surface area is 79.6 Å². The first-order valence-electron chi connectivity index (χ1n) is 4.49. The minimum atomic E-state index is -2.57. The molecule has 0 amide bonds. The molecule has 1 fully saturated rings. The molecule has 1 aliphatic heterocycles. The molecular formula is C7H15O3PS. The summed E-state index contributed by atoms with van der Waals surface area (Å²) in [7, 11) is 0. The highest BCUT2D eigenvalue weighted by atomic mass is 32.5. The molecule has 0 aromatic heterocycles. The summed E-state index contributed by atoms with van der Waals surface area (Å²) in [6, 6.07) is 0. The lowest BCUT2D eigenvalue weighted by Crippen LogP contribution is -2.19. The van der Waals surface area contributed by atoms with E-state index in [2.05, 4.69) is 0 Å². The summed E-state index contributed by atoms with van der Waals surface area (Å²) >= 11 is 4.73. The zero-order valence-corrected chi connectivity index (χ0v) is 8.98. The average Bonchev–Trinajstić information content (AvgIpc) is 2.24. The van der Waals surface area contributed by atoms with E-state index in [9.17, 15) is 4.89 Å². The van der Waals surface area contributed by atoms with Gasteiger partial charge in [0.15, 0.2) is 6.49 Å². The molecule has 72 valence electrons. The lowest BCUT2D eigenvalue weighted by Gasteiger charge is -2.17. The van der Waals surface area contributed by atoms with E-state index < -0.39 is 13.1 Å². The van der Waals surface area contributed by atoms with Gasteiger partial charge in [-0.2, -0.15) is 0 Å². The zero-order chi connectivity index (χ0) is 10.1. The number of rotatable bonds is 3. The molecule has 1 heterocycles. The first-order valence-corrected chi connectivity index (χ1v) is 7.03. The first-order chi connectivity index (χ1) is 5.88. The van der Waals surface area contributed by atoms with E-state index in [1.807, 2.05) is 6.92 Å². The Morgan fingerprint density at radius 1 is 1.92 bits per heavy atom. The van der Waals surface area contributed by atoms with Gasteiger partial charge in [-0.1, -0.05) is 6.92 Å². The van der Waals surface area contributed by atoms with Gasteiger partial charge in [-0.05, 0) is 24.1 Å². The zero-order valence-electron chi connectivity index (χ0n) is 8.27. The van der Waals surface area contributed by atoms with Gasteiger partial charge in [0.25, 0.3) is 0 Å². The minimum absolute atomic E-state index is 0.0862. The van der Waals surface area contributed by atoms with Gasteiger partial charge in [0.2, 0.25) is 0 Å². The summed E-state index contributed by atoms with van der Waals surface area (Å²) in [6.45, 7) is 0.814. The predicted molar refractivity (Wildman–Crippen MR) is 51.9 cm³/mol. The van der Waals surface area contributed by atoms with Crippen LogP contribution in [0.4, 0.5) is 0 Å². The van der Waals surface area contributed by atoms with Gasteiger partial charge in [-0.3, -0.25) is 0 Å². The molecule has 1 saturated heterocycles. The highest BCUT2D eigenvalue weighted by molar-refractivity contribution is 8.09. The topological polar surface area (TPSA) is 38.7 Å². The molecule has 0 aliphatic carbocycles. The average molecular weight is 212 g/mol. The SMILES string of the molecule is [3H][C@H]1CC(C)[C@@H](COP(C)(O)=S)O1. The molecule has 1 rings (SSSR count). The summed E-state index contributed by atoms with van der Waals surface area (Å²) in [4.78, 5) is 9.23. The second kappa shape index (κ2) is 4.16. The number of ether oxygens (including phenoxy) is 1. The van der Waals surface area contributed by atoms with Crippen molar-refractivity contribution in [2.75, 3.05) is 19.9 Å². The molecule has 0 bridgehead atoms. The number of hydrogen-bond acceptors (Lipinski definition) is 3. The third-order valence-corrected chi connectivity index (χ3v) is 2.80. The maximum absolute atomic E-state index is 9.23. The van der Waals surface area contributed by atoms with Crippen molar-refractivity contribution in [3.05, 3.63) is 0 Å². The molecule has 0 aromatic rings. The van der Waals surface area contributed by atoms with Crippen LogP contribution in [0.3, 0.4) is 0 Å². The fourth-order valence-corrected chi connectivity index (χ4v) is 1.64. The van der Waals surface area contributed by atoms with Crippen molar-refractivity contribution < 1.29 is 15.5 Å². The van der Waals surface area contributed by atoms with E-state index in [4.69, 9.17) is 22.4 Å². The second-order valence-corrected chi connectivity index (χ2v) is 7.05. The van der Waals surface area contributed by atoms with E-state index in [0.717, 1.165) is 6.42 Å². The van der Waals surface area contributed by atoms with Crippen LogP contribution in [0.2, 0.25) is 0 Å². The summed E-state index contributed by atoms with van der Waals surface area (Å²) in [5.41, 5.74) is 0. The Bertz CT molecular complexity index is 220. The maximum atomic E-state index is 9.23. The predicted octanol–water partition coefficient (Wildman–Crippen LogP) is 1.36. The fraction of sp³-hybridized carbons (Fsp3) is 1.00. The molecule has 3 nitrogen and oxygen atoms in total. The van der Waals surface area contributed by atoms with Gasteiger partial charge < -0.3 is 14.2 Å². The van der Waals surface area contributed by atoms with Crippen molar-refractivity contribution in [3.63, 3.8) is 0 Å². The highest BCUT2D eigenvalue weighted by Gasteiger charge is 2.25. The molecule has 5 heteroatoms. The third kappa shape index (κ3) is 3.50. The molecule has 0 spiro atoms. The van der Waals surface area contributed by atoms with Crippen molar-refractivity contribution >= 4 is 18.3 Å². The molecule has 0 radical (unpaired) electrons. The lowest BCUT2D eigenvalue weighted by atomic mass is 10.1. The van der Waals surface area contributed by atoms with Crippen LogP contribution in [0.1, 0.15) is 14.7 Å². The third-order valence-electron chi connectivity index (χ3n) is 1.85. The number of hydrogen-bond donors (Lipinski definition) is 1. The first kappa shape index (κ1) is 9.10. The molecule has 1 aliphatic rings. The van der Waals surface area contributed by atoms with E-state index in [1.165, 1.54) is 6.66 Å². The van der Waals surface area contributed by atoms with Crippen LogP contribution in [0.5, 0.6) is 0 Å². The molecule has 0 saturated carbocycles. The summed E-state index contributed by atoms with van der Waals surface area (Å²) < 4.78 is 17.7. The largest absolute Gasteiger partial charge is 0.376 e. The summed E-state index contributed by atoms with van der Waals surface area (Å²) in [5.74, 6) is 0.309. The Morgan fingerprint density at radius 3 is 3.00 bits per heavy atom. The molecule has 2 unspecified atom stereocenters. The van der Waals surface area contributed by atoms with E-state index in [-0.39, 0.29) is 6.10 Å². The minimum Gasteiger partial charge on any atom is -0.376 e. The van der Waals surface area contributed by atoms with Gasteiger partial charge in [0, 0.05) is 13.2 Å². The smallest absolute Gasteiger partial charge is 0.183 e. The van der Waals surface area contributed by atoms with Gasteiger partial charge in [0.05, 0.1) is 14.1 Å². The molecule has 0 aromatic carbocycles. The standard InChI is InChI=1S/C7H15O3PS/c1-6-3-4-9-7(6)5-10-11(2,8)12/h6-7H,3-5H2,1-2H3,(H,8,12)/t6?,7-,11?/m1/s1/i4T/t4-,6?,7+,11?/m0. The Kier molecular flexibility index (Phi) is 3.15. The van der Waals surface area contributed by atoms with Gasteiger partial charge in [-0.15, -0.1) is 0 Å². The van der Waals surface area contributed by atoms with E-state index in [0.29, 0.717) is 12.5 Å². The molecular weight excluding hydrogens is 195 g/mol. The summed E-state index contributed by atoms with van der Waals surface area (Å²) in [6.07, 6.45) is 0.642. The monoisotopic (exact) mass is 212 g/mol. The highest BCUT2D eigenvalue weighted by Crippen LogP contribution is 2.38. The van der Waals surface area contributed by atoms with Crippen LogP contribution in [0.15, 0.2) is 0 Å². The van der Waals surface area contributed by atoms with Crippen LogP contribution < -0.4 is 0 Å². The quantitative estimate of drug-likeness (QED) is 0.717. The van der Waals surface area contributed by atoms with Crippen molar-refractivity contribution in [2.45, 2.75) is 19.4 Å². The molecule has 4 atom stereocenters. The van der Waals surface area contributed by atoms with Crippen LogP contribution >= 0.6 is 6.49 Å². The maximum Gasteiger partial charge on any atom is 0.183 e.